The van der Waals surface area contributed by atoms with Gasteiger partial charge in [-0.1, -0.05) is 0 Å². The summed E-state index contributed by atoms with van der Waals surface area (Å²) in [7, 11) is 0. The molecule has 5 heteroatoms. The van der Waals surface area contributed by atoms with Gasteiger partial charge in [-0.3, -0.25) is 0 Å². The van der Waals surface area contributed by atoms with Gasteiger partial charge in [0, 0.05) is 0 Å². The quantitative estimate of drug-likeness (QED) is 0.560. The molecule has 0 N–H and O–H groups in total. The van der Waals surface area contributed by atoms with Crippen molar-refractivity contribution in [3.8, 4) is 0 Å². The average molecular weight is 406 g/mol. The van der Waals surface area contributed by atoms with Crippen molar-refractivity contribution in [1.29, 1.82) is 0 Å². The Kier molecular flexibility index (Phi) is 9.05. The van der Waals surface area contributed by atoms with Gasteiger partial charge in [0.2, 0.25) is 0 Å². The van der Waals surface area contributed by atoms with Crippen LogP contribution in [-0.4, -0.2) is 11.9 Å². The van der Waals surface area contributed by atoms with E-state index in [2.05, 4.69) is 0 Å². The number of unbranched alkanes of at least 4 members (excludes halogenated alkanes) is 2. The van der Waals surface area contributed by atoms with E-state index in [1.54, 1.807) is 0 Å². The number of carbonyl (C=O) groups excluding carboxylic acids is 2. The zero-order chi connectivity index (χ0) is 15.5. The van der Waals surface area contributed by atoms with E-state index < -0.39 is 20.6 Å². The molecule has 0 aliphatic heterocycles. The fraction of sp³-hybridized carbons (Fsp3) is 0.500. The SMILES string of the molecule is CCCCC(=O)OI(OC(=O)CCCC)c1ccccc1. The summed E-state index contributed by atoms with van der Waals surface area (Å²) in [4.78, 5) is 23.6. The molecule has 1 rings (SSSR count). The molecular weight excluding hydrogens is 383 g/mol. The van der Waals surface area contributed by atoms with Gasteiger partial charge in [0.05, 0.1) is 0 Å². The monoisotopic (exact) mass is 406 g/mol. The number of rotatable bonds is 9. The third-order valence-electron chi connectivity index (χ3n) is 2.69. The van der Waals surface area contributed by atoms with Crippen LogP contribution < -0.4 is 0 Å². The van der Waals surface area contributed by atoms with Gasteiger partial charge in [-0.25, -0.2) is 0 Å². The normalized spacial score (nSPS) is 10.9. The van der Waals surface area contributed by atoms with Gasteiger partial charge in [0.1, 0.15) is 0 Å². The van der Waals surface area contributed by atoms with Crippen LogP contribution in [0.4, 0.5) is 0 Å². The first-order chi connectivity index (χ1) is 10.2. The van der Waals surface area contributed by atoms with Gasteiger partial charge in [0.25, 0.3) is 0 Å². The van der Waals surface area contributed by atoms with E-state index in [1.165, 1.54) is 0 Å². The summed E-state index contributed by atoms with van der Waals surface area (Å²) >= 11 is -2.69. The van der Waals surface area contributed by atoms with Crippen molar-refractivity contribution in [3.05, 3.63) is 33.9 Å². The van der Waals surface area contributed by atoms with E-state index in [-0.39, 0.29) is 11.9 Å². The van der Waals surface area contributed by atoms with Crippen LogP contribution in [0.25, 0.3) is 0 Å². The Balaban J connectivity index is 2.66. The van der Waals surface area contributed by atoms with Crippen LogP contribution in [0.15, 0.2) is 30.3 Å². The van der Waals surface area contributed by atoms with Crippen molar-refractivity contribution in [3.63, 3.8) is 0 Å². The zero-order valence-electron chi connectivity index (χ0n) is 12.6. The molecule has 4 nitrogen and oxygen atoms in total. The van der Waals surface area contributed by atoms with Gasteiger partial charge >= 0.3 is 135 Å². The molecule has 0 bridgehead atoms. The first-order valence-corrected chi connectivity index (χ1v) is 10.2. The van der Waals surface area contributed by atoms with E-state index in [0.29, 0.717) is 12.8 Å². The van der Waals surface area contributed by atoms with E-state index in [1.807, 2.05) is 44.2 Å². The van der Waals surface area contributed by atoms with Crippen LogP contribution in [0.2, 0.25) is 0 Å². The maximum absolute atomic E-state index is 11.8. The molecule has 0 heterocycles. The first kappa shape index (κ1) is 17.9. The van der Waals surface area contributed by atoms with Crippen LogP contribution in [0.3, 0.4) is 0 Å². The molecule has 118 valence electrons. The van der Waals surface area contributed by atoms with Crippen molar-refractivity contribution in [1.82, 2.24) is 0 Å². The minimum atomic E-state index is -2.69. The molecule has 0 radical (unpaired) electrons. The summed E-state index contributed by atoms with van der Waals surface area (Å²) in [6.45, 7) is 4.04. The van der Waals surface area contributed by atoms with Crippen LogP contribution in [0.1, 0.15) is 52.4 Å². The van der Waals surface area contributed by atoms with Crippen molar-refractivity contribution in [2.45, 2.75) is 52.4 Å². The molecule has 1 aromatic rings. The van der Waals surface area contributed by atoms with Crippen molar-refractivity contribution < 1.29 is 15.7 Å². The molecule has 0 atom stereocenters. The van der Waals surface area contributed by atoms with Gasteiger partial charge in [-0.2, -0.15) is 0 Å². The Morgan fingerprint density at radius 2 is 1.38 bits per heavy atom. The molecule has 0 unspecified atom stereocenters. The number of halogens is 1. The number of hydrogen-bond donors (Lipinski definition) is 0. The Bertz CT molecular complexity index is 411. The Hall–Kier alpha value is -1.11. The topological polar surface area (TPSA) is 52.6 Å². The summed E-state index contributed by atoms with van der Waals surface area (Å²) in [5, 5.41) is 0. The summed E-state index contributed by atoms with van der Waals surface area (Å²) in [5.41, 5.74) is 0. The number of benzene rings is 1. The standard InChI is InChI=1S/C16H23IO4/c1-3-5-12-15(18)20-17(14-10-8-7-9-11-14)21-16(19)13-6-4-2/h7-11H,3-6,12-13H2,1-2H3. The van der Waals surface area contributed by atoms with E-state index in [4.69, 9.17) is 6.13 Å². The second-order valence-corrected chi connectivity index (χ2v) is 7.99. The van der Waals surface area contributed by atoms with Crippen LogP contribution in [-0.2, 0) is 15.7 Å². The van der Waals surface area contributed by atoms with Crippen molar-refractivity contribution in [2.75, 3.05) is 0 Å². The van der Waals surface area contributed by atoms with Crippen LogP contribution >= 0.6 is 20.6 Å². The van der Waals surface area contributed by atoms with Crippen molar-refractivity contribution in [2.24, 2.45) is 0 Å². The fourth-order valence-electron chi connectivity index (χ4n) is 1.50. The molecule has 1 aromatic carbocycles. The number of hydrogen-bond acceptors (Lipinski definition) is 4. The summed E-state index contributed by atoms with van der Waals surface area (Å²) in [5.74, 6) is -0.539. The second-order valence-electron chi connectivity index (χ2n) is 4.62. The molecule has 0 saturated carbocycles. The third-order valence-corrected chi connectivity index (χ3v) is 6.21. The van der Waals surface area contributed by atoms with E-state index in [0.717, 1.165) is 29.3 Å². The summed E-state index contributed by atoms with van der Waals surface area (Å²) in [6.07, 6.45) is 4.21. The predicted molar refractivity (Wildman–Crippen MR) is 90.4 cm³/mol. The maximum atomic E-state index is 11.8. The molecule has 21 heavy (non-hydrogen) atoms. The summed E-state index contributed by atoms with van der Waals surface area (Å²) < 4.78 is 11.8. The fourth-order valence-corrected chi connectivity index (χ4v) is 4.43. The third kappa shape index (κ3) is 7.45. The zero-order valence-corrected chi connectivity index (χ0v) is 14.8. The Labute approximate surface area is 134 Å². The molecule has 0 amide bonds. The van der Waals surface area contributed by atoms with E-state index in [9.17, 15) is 9.59 Å². The number of carbonyl (C=O) groups is 2. The molecule has 0 spiro atoms. The molecule has 0 saturated heterocycles. The van der Waals surface area contributed by atoms with Gasteiger partial charge < -0.3 is 0 Å². The first-order valence-electron chi connectivity index (χ1n) is 7.35. The molecule has 0 fully saturated rings. The molecule has 0 aliphatic carbocycles. The second kappa shape index (κ2) is 10.6. The minimum absolute atomic E-state index is 0.269. The van der Waals surface area contributed by atoms with Gasteiger partial charge in [-0.15, -0.1) is 0 Å². The summed E-state index contributed by atoms with van der Waals surface area (Å²) in [6, 6.07) is 9.31. The van der Waals surface area contributed by atoms with Crippen molar-refractivity contribution >= 4 is 32.6 Å². The van der Waals surface area contributed by atoms with Gasteiger partial charge in [-0.05, 0) is 0 Å². The van der Waals surface area contributed by atoms with Crippen LogP contribution in [0.5, 0.6) is 0 Å². The average Bonchev–Trinajstić information content (AvgIpc) is 2.51. The van der Waals surface area contributed by atoms with E-state index >= 15 is 0 Å². The molecular formula is C16H23IO4. The Morgan fingerprint density at radius 1 is 0.905 bits per heavy atom. The molecule has 0 aromatic heterocycles. The molecule has 0 aliphatic rings. The van der Waals surface area contributed by atoms with Gasteiger partial charge in [0.15, 0.2) is 0 Å². The Morgan fingerprint density at radius 3 is 1.81 bits per heavy atom. The predicted octanol–water partition coefficient (Wildman–Crippen LogP) is 4.66. The van der Waals surface area contributed by atoms with Crippen LogP contribution in [0, 0.1) is 3.57 Å².